The fourth-order valence-corrected chi connectivity index (χ4v) is 3.21. The number of nitro groups is 1. The van der Waals surface area contributed by atoms with Gasteiger partial charge in [-0.05, 0) is 42.1 Å². The van der Waals surface area contributed by atoms with Gasteiger partial charge in [0, 0.05) is 17.8 Å². The zero-order valence-corrected chi connectivity index (χ0v) is 14.4. The van der Waals surface area contributed by atoms with Gasteiger partial charge in [-0.1, -0.05) is 12.1 Å². The molecule has 3 rings (SSSR count). The van der Waals surface area contributed by atoms with Gasteiger partial charge in [0.2, 0.25) is 0 Å². The molecule has 0 unspecified atom stereocenters. The highest BCUT2D eigenvalue weighted by Crippen LogP contribution is 2.36. The predicted molar refractivity (Wildman–Crippen MR) is 96.0 cm³/mol. The molecule has 8 heteroatoms. The SMILES string of the molecule is COc1ccccc1-c1ccc(C#N)c(Sc2ncccc2[N+](=O)[O-])n1. The molecule has 3 aromatic rings. The maximum absolute atomic E-state index is 11.2. The Bertz CT molecular complexity index is 1020. The van der Waals surface area contributed by atoms with E-state index in [0.29, 0.717) is 22.0 Å². The number of methoxy groups -OCH3 is 1. The van der Waals surface area contributed by atoms with Crippen LogP contribution in [0.2, 0.25) is 0 Å². The molecule has 0 aliphatic rings. The summed E-state index contributed by atoms with van der Waals surface area (Å²) in [7, 11) is 1.56. The molecular weight excluding hydrogens is 352 g/mol. The summed E-state index contributed by atoms with van der Waals surface area (Å²) in [5, 5.41) is 21.1. The molecular formula is C18H12N4O3S. The van der Waals surface area contributed by atoms with Crippen LogP contribution < -0.4 is 4.74 Å². The smallest absolute Gasteiger partial charge is 0.301 e. The molecule has 0 saturated carbocycles. The van der Waals surface area contributed by atoms with Gasteiger partial charge in [-0.3, -0.25) is 10.1 Å². The molecule has 0 radical (unpaired) electrons. The summed E-state index contributed by atoms with van der Waals surface area (Å²) in [6.07, 6.45) is 1.46. The van der Waals surface area contributed by atoms with E-state index in [9.17, 15) is 15.4 Å². The number of pyridine rings is 2. The molecule has 26 heavy (non-hydrogen) atoms. The first-order chi connectivity index (χ1) is 12.6. The number of benzene rings is 1. The first-order valence-corrected chi connectivity index (χ1v) is 8.27. The van der Waals surface area contributed by atoms with Crippen LogP contribution in [0.4, 0.5) is 5.69 Å². The summed E-state index contributed by atoms with van der Waals surface area (Å²) in [6.45, 7) is 0. The standard InChI is InChI=1S/C18H12N4O3S/c1-25-16-7-3-2-5-13(16)14-9-8-12(11-19)17(21-14)26-18-15(22(23)24)6-4-10-20-18/h2-10H,1H3. The summed E-state index contributed by atoms with van der Waals surface area (Å²) in [6, 6.07) is 15.6. The van der Waals surface area contributed by atoms with E-state index in [1.807, 2.05) is 24.3 Å². The number of nitrogens with zero attached hydrogens (tertiary/aromatic N) is 4. The van der Waals surface area contributed by atoms with Gasteiger partial charge < -0.3 is 4.74 Å². The van der Waals surface area contributed by atoms with Crippen molar-refractivity contribution in [3.63, 3.8) is 0 Å². The van der Waals surface area contributed by atoms with E-state index in [2.05, 4.69) is 16.0 Å². The molecule has 0 spiro atoms. The largest absolute Gasteiger partial charge is 0.496 e. The highest BCUT2D eigenvalue weighted by Gasteiger charge is 2.19. The zero-order valence-electron chi connectivity index (χ0n) is 13.6. The number of nitriles is 1. The van der Waals surface area contributed by atoms with Crippen molar-refractivity contribution in [1.29, 1.82) is 5.26 Å². The third kappa shape index (κ3) is 3.48. The van der Waals surface area contributed by atoms with Gasteiger partial charge in [-0.25, -0.2) is 9.97 Å². The lowest BCUT2D eigenvalue weighted by atomic mass is 10.1. The van der Waals surface area contributed by atoms with Crippen LogP contribution in [0.1, 0.15) is 5.56 Å². The van der Waals surface area contributed by atoms with Crippen molar-refractivity contribution >= 4 is 17.4 Å². The molecule has 0 saturated heterocycles. The van der Waals surface area contributed by atoms with Crippen LogP contribution in [0.25, 0.3) is 11.3 Å². The maximum Gasteiger partial charge on any atom is 0.301 e. The molecule has 0 amide bonds. The molecule has 0 atom stereocenters. The zero-order chi connectivity index (χ0) is 18.5. The third-order valence-electron chi connectivity index (χ3n) is 3.50. The molecule has 7 nitrogen and oxygen atoms in total. The minimum absolute atomic E-state index is 0.133. The van der Waals surface area contributed by atoms with E-state index in [1.54, 1.807) is 19.2 Å². The highest BCUT2D eigenvalue weighted by molar-refractivity contribution is 7.99. The molecule has 2 heterocycles. The summed E-state index contributed by atoms with van der Waals surface area (Å²) in [4.78, 5) is 19.3. The number of para-hydroxylation sites is 1. The average Bonchev–Trinajstić information content (AvgIpc) is 2.68. The van der Waals surface area contributed by atoms with Crippen molar-refractivity contribution in [2.24, 2.45) is 0 Å². The second-order valence-corrected chi connectivity index (χ2v) is 6.03. The van der Waals surface area contributed by atoms with Gasteiger partial charge in [-0.15, -0.1) is 0 Å². The van der Waals surface area contributed by atoms with Crippen molar-refractivity contribution in [3.05, 3.63) is 70.4 Å². The lowest BCUT2D eigenvalue weighted by Gasteiger charge is -2.10. The van der Waals surface area contributed by atoms with Crippen LogP contribution in [0.5, 0.6) is 5.75 Å². The molecule has 0 aliphatic carbocycles. The van der Waals surface area contributed by atoms with Gasteiger partial charge in [0.1, 0.15) is 16.8 Å². The molecule has 0 fully saturated rings. The van der Waals surface area contributed by atoms with Crippen molar-refractivity contribution in [1.82, 2.24) is 9.97 Å². The summed E-state index contributed by atoms with van der Waals surface area (Å²) in [5.41, 5.74) is 1.54. The van der Waals surface area contributed by atoms with Crippen LogP contribution >= 0.6 is 11.8 Å². The first kappa shape index (κ1) is 17.4. The Morgan fingerprint density at radius 2 is 1.96 bits per heavy atom. The quantitative estimate of drug-likeness (QED) is 0.496. The van der Waals surface area contributed by atoms with E-state index in [1.165, 1.54) is 18.3 Å². The number of hydrogen-bond donors (Lipinski definition) is 0. The van der Waals surface area contributed by atoms with Crippen LogP contribution in [-0.2, 0) is 0 Å². The van der Waals surface area contributed by atoms with E-state index in [4.69, 9.17) is 4.74 Å². The monoisotopic (exact) mass is 364 g/mol. The minimum atomic E-state index is -0.508. The Hall–Kier alpha value is -3.44. The number of hydrogen-bond acceptors (Lipinski definition) is 7. The van der Waals surface area contributed by atoms with Gasteiger partial charge >= 0.3 is 5.69 Å². The lowest BCUT2D eigenvalue weighted by molar-refractivity contribution is -0.388. The topological polar surface area (TPSA) is 102 Å². The molecule has 0 N–H and O–H groups in total. The van der Waals surface area contributed by atoms with Crippen LogP contribution in [0.15, 0.2) is 64.8 Å². The van der Waals surface area contributed by atoms with Crippen molar-refractivity contribution in [3.8, 4) is 23.1 Å². The summed E-state index contributed by atoms with van der Waals surface area (Å²) >= 11 is 0.989. The van der Waals surface area contributed by atoms with Crippen molar-refractivity contribution in [2.75, 3.05) is 7.11 Å². The average molecular weight is 364 g/mol. The molecule has 128 valence electrons. The van der Waals surface area contributed by atoms with Crippen LogP contribution in [0, 0.1) is 21.4 Å². The number of aromatic nitrogens is 2. The molecule has 0 bridgehead atoms. The molecule has 0 aliphatic heterocycles. The highest BCUT2D eigenvalue weighted by atomic mass is 32.2. The Labute approximate surface area is 153 Å². The Morgan fingerprint density at radius 3 is 2.69 bits per heavy atom. The van der Waals surface area contributed by atoms with E-state index in [0.717, 1.165) is 17.3 Å². The van der Waals surface area contributed by atoms with E-state index >= 15 is 0 Å². The maximum atomic E-state index is 11.2. The summed E-state index contributed by atoms with van der Waals surface area (Å²) < 4.78 is 5.35. The normalized spacial score (nSPS) is 10.2. The first-order valence-electron chi connectivity index (χ1n) is 7.46. The Kier molecular flexibility index (Phi) is 5.10. The lowest BCUT2D eigenvalue weighted by Crippen LogP contribution is -1.96. The Morgan fingerprint density at radius 1 is 1.15 bits per heavy atom. The summed E-state index contributed by atoms with van der Waals surface area (Å²) in [5.74, 6) is 0.643. The van der Waals surface area contributed by atoms with Gasteiger partial charge in [0.15, 0.2) is 5.03 Å². The van der Waals surface area contributed by atoms with Gasteiger partial charge in [0.05, 0.1) is 23.3 Å². The third-order valence-corrected chi connectivity index (χ3v) is 4.52. The Balaban J connectivity index is 2.08. The van der Waals surface area contributed by atoms with E-state index in [-0.39, 0.29) is 10.7 Å². The minimum Gasteiger partial charge on any atom is -0.496 e. The fraction of sp³-hybridized carbons (Fsp3) is 0.0556. The van der Waals surface area contributed by atoms with Crippen LogP contribution in [0.3, 0.4) is 0 Å². The van der Waals surface area contributed by atoms with Gasteiger partial charge in [0.25, 0.3) is 0 Å². The second kappa shape index (κ2) is 7.63. The van der Waals surface area contributed by atoms with Gasteiger partial charge in [-0.2, -0.15) is 5.26 Å². The van der Waals surface area contributed by atoms with Crippen LogP contribution in [-0.4, -0.2) is 22.0 Å². The van der Waals surface area contributed by atoms with Crippen molar-refractivity contribution in [2.45, 2.75) is 10.1 Å². The fourth-order valence-electron chi connectivity index (χ4n) is 2.30. The molecule has 1 aromatic carbocycles. The number of ether oxygens (including phenoxy) is 1. The number of rotatable bonds is 5. The molecule has 2 aromatic heterocycles. The van der Waals surface area contributed by atoms with Crippen molar-refractivity contribution < 1.29 is 9.66 Å². The predicted octanol–water partition coefficient (Wildman–Crippen LogP) is 4.08. The second-order valence-electron chi connectivity index (χ2n) is 5.05. The van der Waals surface area contributed by atoms with E-state index < -0.39 is 4.92 Å².